The Hall–Kier alpha value is -2.21. The van der Waals surface area contributed by atoms with E-state index in [1.165, 1.54) is 17.4 Å². The minimum absolute atomic E-state index is 0.233. The van der Waals surface area contributed by atoms with Crippen LogP contribution >= 0.6 is 11.3 Å². The van der Waals surface area contributed by atoms with Crippen molar-refractivity contribution in [2.45, 2.75) is 32.6 Å². The van der Waals surface area contributed by atoms with Crippen LogP contribution in [0.15, 0.2) is 30.3 Å². The fourth-order valence-corrected chi connectivity index (χ4v) is 3.22. The monoisotopic (exact) mass is 331 g/mol. The number of ether oxygens (including phenoxy) is 1. The second-order valence-electron chi connectivity index (χ2n) is 5.02. The minimum Gasteiger partial charge on any atom is -0.496 e. The molecule has 0 atom stereocenters. The van der Waals surface area contributed by atoms with Gasteiger partial charge < -0.3 is 4.74 Å². The summed E-state index contributed by atoms with van der Waals surface area (Å²) in [6.45, 7) is 4.26. The molecule has 0 aliphatic carbocycles. The van der Waals surface area contributed by atoms with E-state index < -0.39 is 0 Å². The molecule has 1 amide bonds. The Kier molecular flexibility index (Phi) is 6.29. The van der Waals surface area contributed by atoms with Gasteiger partial charge in [-0.2, -0.15) is 0 Å². The van der Waals surface area contributed by atoms with Crippen LogP contribution < -0.4 is 10.1 Å². The lowest BCUT2D eigenvalue weighted by Gasteiger charge is -2.05. The number of benzene rings is 1. The van der Waals surface area contributed by atoms with Gasteiger partial charge in [0.15, 0.2) is 0 Å². The maximum atomic E-state index is 12.0. The fourth-order valence-electron chi connectivity index (χ4n) is 2.20. The highest BCUT2D eigenvalue weighted by atomic mass is 32.1. The van der Waals surface area contributed by atoms with E-state index in [9.17, 15) is 4.79 Å². The van der Waals surface area contributed by atoms with Gasteiger partial charge >= 0.3 is 0 Å². The molecule has 1 aromatic carbocycles. The lowest BCUT2D eigenvalue weighted by atomic mass is 10.1. The van der Waals surface area contributed by atoms with Gasteiger partial charge in [-0.15, -0.1) is 10.2 Å². The van der Waals surface area contributed by atoms with Crippen molar-refractivity contribution in [1.29, 1.82) is 0 Å². The molecule has 1 aromatic heterocycles. The van der Waals surface area contributed by atoms with E-state index in [2.05, 4.69) is 29.4 Å². The Morgan fingerprint density at radius 3 is 2.74 bits per heavy atom. The molecule has 0 saturated carbocycles. The van der Waals surface area contributed by atoms with Crippen molar-refractivity contribution in [2.24, 2.45) is 0 Å². The summed E-state index contributed by atoms with van der Waals surface area (Å²) >= 11 is 1.44. The van der Waals surface area contributed by atoms with E-state index in [1.54, 1.807) is 13.2 Å². The van der Waals surface area contributed by atoms with E-state index >= 15 is 0 Å². The number of anilines is 1. The van der Waals surface area contributed by atoms with Crippen molar-refractivity contribution in [3.63, 3.8) is 0 Å². The first-order valence-corrected chi connectivity index (χ1v) is 8.45. The molecule has 122 valence electrons. The lowest BCUT2D eigenvalue weighted by molar-refractivity contribution is -0.111. The molecular weight excluding hydrogens is 310 g/mol. The third-order valence-electron chi connectivity index (χ3n) is 3.56. The van der Waals surface area contributed by atoms with Gasteiger partial charge in [0.25, 0.3) is 0 Å². The largest absolute Gasteiger partial charge is 0.496 e. The number of hydrogen-bond donors (Lipinski definition) is 1. The highest BCUT2D eigenvalue weighted by Crippen LogP contribution is 2.28. The van der Waals surface area contributed by atoms with Crippen LogP contribution in [0.3, 0.4) is 0 Å². The Labute approximate surface area is 140 Å². The zero-order valence-corrected chi connectivity index (χ0v) is 14.4. The quantitative estimate of drug-likeness (QED) is 0.776. The number of nitrogens with one attached hydrogen (secondary N) is 1. The summed E-state index contributed by atoms with van der Waals surface area (Å²) in [4.78, 5) is 12.0. The second kappa shape index (κ2) is 8.43. The maximum absolute atomic E-state index is 12.0. The van der Waals surface area contributed by atoms with Crippen molar-refractivity contribution in [3.8, 4) is 5.75 Å². The molecule has 0 bridgehead atoms. The summed E-state index contributed by atoms with van der Waals surface area (Å²) in [6, 6.07) is 7.52. The summed E-state index contributed by atoms with van der Waals surface area (Å²) < 4.78 is 5.25. The smallest absolute Gasteiger partial charge is 0.250 e. The van der Waals surface area contributed by atoms with E-state index in [4.69, 9.17) is 4.74 Å². The van der Waals surface area contributed by atoms with Crippen LogP contribution in [0.5, 0.6) is 5.75 Å². The zero-order chi connectivity index (χ0) is 16.7. The molecular formula is C17H21N3O2S. The standard InChI is InChI=1S/C17H21N3O2S/c1-4-12(5-2)16-19-20-17(23-16)18-15(21)11-10-13-8-6-7-9-14(13)22-3/h6-12H,4-5H2,1-3H3,(H,18,20,21)/b11-10+. The van der Waals surface area contributed by atoms with Crippen LogP contribution in [0, 0.1) is 0 Å². The average Bonchev–Trinajstić information content (AvgIpc) is 3.02. The van der Waals surface area contributed by atoms with E-state index in [1.807, 2.05) is 24.3 Å². The van der Waals surface area contributed by atoms with Crippen molar-refractivity contribution in [2.75, 3.05) is 12.4 Å². The minimum atomic E-state index is -0.233. The number of aromatic nitrogens is 2. The van der Waals surface area contributed by atoms with Crippen LogP contribution in [0.2, 0.25) is 0 Å². The van der Waals surface area contributed by atoms with Gasteiger partial charge in [-0.25, -0.2) is 0 Å². The van der Waals surface area contributed by atoms with Crippen molar-refractivity contribution in [1.82, 2.24) is 10.2 Å². The van der Waals surface area contributed by atoms with Gasteiger partial charge in [-0.1, -0.05) is 43.4 Å². The Morgan fingerprint density at radius 2 is 2.04 bits per heavy atom. The first-order chi connectivity index (χ1) is 11.2. The molecule has 0 spiro atoms. The predicted octanol–water partition coefficient (Wildman–Crippen LogP) is 4.10. The second-order valence-corrected chi connectivity index (χ2v) is 6.03. The Bertz CT molecular complexity index is 678. The third-order valence-corrected chi connectivity index (χ3v) is 4.56. The third kappa shape index (κ3) is 4.63. The molecule has 2 rings (SSSR count). The number of hydrogen-bond acceptors (Lipinski definition) is 5. The van der Waals surface area contributed by atoms with Gasteiger partial charge in [-0.05, 0) is 25.0 Å². The number of carbonyl (C=O) groups excluding carboxylic acids is 1. The molecule has 1 heterocycles. The van der Waals surface area contributed by atoms with Crippen LogP contribution in [0.1, 0.15) is 43.2 Å². The highest BCUT2D eigenvalue weighted by Gasteiger charge is 2.13. The van der Waals surface area contributed by atoms with Crippen LogP contribution in [0.25, 0.3) is 6.08 Å². The van der Waals surface area contributed by atoms with Crippen LogP contribution in [-0.2, 0) is 4.79 Å². The molecule has 0 aliphatic rings. The summed E-state index contributed by atoms with van der Waals surface area (Å²) in [5.74, 6) is 0.897. The average molecular weight is 331 g/mol. The fraction of sp³-hybridized carbons (Fsp3) is 0.353. The molecule has 0 radical (unpaired) electrons. The molecule has 23 heavy (non-hydrogen) atoms. The van der Waals surface area contributed by atoms with Crippen molar-refractivity contribution in [3.05, 3.63) is 40.9 Å². The normalized spacial score (nSPS) is 11.1. The van der Waals surface area contributed by atoms with E-state index in [-0.39, 0.29) is 5.91 Å². The van der Waals surface area contributed by atoms with Gasteiger partial charge in [0.1, 0.15) is 10.8 Å². The molecule has 6 heteroatoms. The summed E-state index contributed by atoms with van der Waals surface area (Å²) in [7, 11) is 1.60. The van der Waals surface area contributed by atoms with Gasteiger partial charge in [0.2, 0.25) is 11.0 Å². The van der Waals surface area contributed by atoms with Crippen molar-refractivity contribution < 1.29 is 9.53 Å². The molecule has 5 nitrogen and oxygen atoms in total. The summed E-state index contributed by atoms with van der Waals surface area (Å²) in [6.07, 6.45) is 5.23. The molecule has 0 aliphatic heterocycles. The summed E-state index contributed by atoms with van der Waals surface area (Å²) in [5.41, 5.74) is 0.847. The Balaban J connectivity index is 2.01. The van der Waals surface area contributed by atoms with Crippen LogP contribution in [0.4, 0.5) is 5.13 Å². The number of amides is 1. The molecule has 1 N–H and O–H groups in total. The molecule has 0 unspecified atom stereocenters. The maximum Gasteiger partial charge on any atom is 0.250 e. The number of nitrogens with zero attached hydrogens (tertiary/aromatic N) is 2. The molecule has 0 saturated heterocycles. The zero-order valence-electron chi connectivity index (χ0n) is 13.6. The number of rotatable bonds is 7. The number of para-hydroxylation sites is 1. The van der Waals surface area contributed by atoms with Gasteiger partial charge in [0.05, 0.1) is 7.11 Å². The first kappa shape index (κ1) is 17.1. The SMILES string of the molecule is CCC(CC)c1nnc(NC(=O)/C=C/c2ccccc2OC)s1. The molecule has 2 aromatic rings. The first-order valence-electron chi connectivity index (χ1n) is 7.63. The van der Waals surface area contributed by atoms with Crippen LogP contribution in [-0.4, -0.2) is 23.2 Å². The highest BCUT2D eigenvalue weighted by molar-refractivity contribution is 7.15. The van der Waals surface area contributed by atoms with E-state index in [0.29, 0.717) is 11.0 Å². The summed E-state index contributed by atoms with van der Waals surface area (Å²) in [5, 5.41) is 12.5. The van der Waals surface area contributed by atoms with Crippen molar-refractivity contribution >= 4 is 28.5 Å². The van der Waals surface area contributed by atoms with Gasteiger partial charge in [-0.3, -0.25) is 10.1 Å². The van der Waals surface area contributed by atoms with E-state index in [0.717, 1.165) is 29.2 Å². The number of methoxy groups -OCH3 is 1. The molecule has 0 fully saturated rings. The van der Waals surface area contributed by atoms with Gasteiger partial charge in [0, 0.05) is 17.6 Å². The predicted molar refractivity (Wildman–Crippen MR) is 93.9 cm³/mol. The Morgan fingerprint density at radius 1 is 1.30 bits per heavy atom. The topological polar surface area (TPSA) is 64.1 Å². The lowest BCUT2D eigenvalue weighted by Crippen LogP contribution is -2.07. The number of carbonyl (C=O) groups is 1.